The van der Waals surface area contributed by atoms with Crippen LogP contribution in [-0.2, 0) is 16.4 Å². The van der Waals surface area contributed by atoms with Gasteiger partial charge in [-0.1, -0.05) is 24.3 Å². The highest BCUT2D eigenvalue weighted by molar-refractivity contribution is 7.89. The molecule has 3 rings (SSSR count). The van der Waals surface area contributed by atoms with E-state index in [1.807, 2.05) is 12.1 Å². The first-order chi connectivity index (χ1) is 10.8. The average molecular weight is 335 g/mol. The molecule has 1 aliphatic rings. The Balaban J connectivity index is 1.97. The van der Waals surface area contributed by atoms with Gasteiger partial charge in [0.1, 0.15) is 4.90 Å². The van der Waals surface area contributed by atoms with E-state index in [0.717, 1.165) is 23.3 Å². The molecule has 2 aromatic carbocycles. The highest BCUT2D eigenvalue weighted by atomic mass is 32.2. The number of benzene rings is 2. The van der Waals surface area contributed by atoms with Crippen molar-refractivity contribution in [3.05, 3.63) is 64.5 Å². The summed E-state index contributed by atoms with van der Waals surface area (Å²) in [6.07, 6.45) is 0.522. The Hall–Kier alpha value is -2.25. The van der Waals surface area contributed by atoms with Crippen LogP contribution in [0.2, 0.25) is 0 Å². The second-order valence-corrected chi connectivity index (χ2v) is 7.19. The van der Waals surface area contributed by atoms with E-state index in [-0.39, 0.29) is 0 Å². The maximum atomic E-state index is 14.3. The van der Waals surface area contributed by atoms with Crippen LogP contribution in [0.4, 0.5) is 4.39 Å². The number of rotatable bonds is 4. The molecule has 0 spiro atoms. The third-order valence-corrected chi connectivity index (χ3v) is 5.33. The molecule has 1 atom stereocenters. The number of aromatic carboxylic acids is 1. The molecule has 7 heteroatoms. The number of halogens is 1. The van der Waals surface area contributed by atoms with Gasteiger partial charge in [0.2, 0.25) is 10.0 Å². The van der Waals surface area contributed by atoms with E-state index in [1.165, 1.54) is 6.92 Å². The molecule has 0 heterocycles. The van der Waals surface area contributed by atoms with Gasteiger partial charge in [-0.2, -0.15) is 0 Å². The number of hydrogen-bond donors (Lipinski definition) is 2. The van der Waals surface area contributed by atoms with E-state index < -0.39 is 38.3 Å². The largest absolute Gasteiger partial charge is 0.478 e. The Morgan fingerprint density at radius 3 is 2.65 bits per heavy atom. The number of nitrogens with one attached hydrogen (secondary N) is 1. The van der Waals surface area contributed by atoms with Crippen molar-refractivity contribution in [2.24, 2.45) is 0 Å². The second kappa shape index (κ2) is 5.43. The molecule has 0 bridgehead atoms. The molecule has 1 aliphatic carbocycles. The fourth-order valence-electron chi connectivity index (χ4n) is 2.70. The van der Waals surface area contributed by atoms with E-state index in [9.17, 15) is 17.6 Å². The van der Waals surface area contributed by atoms with Gasteiger partial charge in [0.15, 0.2) is 5.82 Å². The number of carboxylic acids is 1. The molecule has 2 N–H and O–H groups in total. The molecule has 0 aliphatic heterocycles. The molecule has 23 heavy (non-hydrogen) atoms. The summed E-state index contributed by atoms with van der Waals surface area (Å²) < 4.78 is 41.6. The second-order valence-electron chi connectivity index (χ2n) is 5.51. The van der Waals surface area contributed by atoms with Crippen molar-refractivity contribution in [1.29, 1.82) is 0 Å². The lowest BCUT2D eigenvalue weighted by atomic mass is 9.84. The SMILES string of the molecule is Cc1cc(C(=O)O)c(F)c(S(=O)(=O)NC2Cc3ccccc32)c1. The number of carbonyl (C=O) groups is 1. The van der Waals surface area contributed by atoms with E-state index in [0.29, 0.717) is 12.0 Å². The van der Waals surface area contributed by atoms with Gasteiger partial charge in [-0.15, -0.1) is 0 Å². The summed E-state index contributed by atoms with van der Waals surface area (Å²) in [5, 5.41) is 8.99. The maximum Gasteiger partial charge on any atom is 0.338 e. The van der Waals surface area contributed by atoms with Crippen molar-refractivity contribution < 1.29 is 22.7 Å². The fourth-order valence-corrected chi connectivity index (χ4v) is 4.10. The van der Waals surface area contributed by atoms with E-state index in [4.69, 9.17) is 5.11 Å². The summed E-state index contributed by atoms with van der Waals surface area (Å²) in [7, 11) is -4.16. The molecule has 1 unspecified atom stereocenters. The normalized spacial score (nSPS) is 16.5. The van der Waals surface area contributed by atoms with E-state index in [1.54, 1.807) is 12.1 Å². The monoisotopic (exact) mass is 335 g/mol. The van der Waals surface area contributed by atoms with Crippen molar-refractivity contribution >= 4 is 16.0 Å². The fraction of sp³-hybridized carbons (Fsp3) is 0.188. The van der Waals surface area contributed by atoms with Crippen molar-refractivity contribution in [2.75, 3.05) is 0 Å². The molecule has 120 valence electrons. The van der Waals surface area contributed by atoms with Gasteiger partial charge < -0.3 is 5.11 Å². The van der Waals surface area contributed by atoms with E-state index in [2.05, 4.69) is 4.72 Å². The molecule has 0 fully saturated rings. The first-order valence-corrected chi connectivity index (χ1v) is 8.41. The van der Waals surface area contributed by atoms with Gasteiger partial charge in [0.25, 0.3) is 0 Å². The first kappa shape index (κ1) is 15.6. The van der Waals surface area contributed by atoms with Crippen molar-refractivity contribution in [2.45, 2.75) is 24.3 Å². The lowest BCUT2D eigenvalue weighted by Gasteiger charge is -2.30. The van der Waals surface area contributed by atoms with Crippen LogP contribution in [0.15, 0.2) is 41.3 Å². The third-order valence-electron chi connectivity index (χ3n) is 3.86. The minimum absolute atomic E-state index is 0.359. The molecule has 0 aromatic heterocycles. The summed E-state index contributed by atoms with van der Waals surface area (Å²) in [6.45, 7) is 1.52. The Bertz CT molecular complexity index is 908. The quantitative estimate of drug-likeness (QED) is 0.899. The molecule has 5 nitrogen and oxygen atoms in total. The highest BCUT2D eigenvalue weighted by Gasteiger charge is 2.32. The Kier molecular flexibility index (Phi) is 3.69. The van der Waals surface area contributed by atoms with Crippen LogP contribution >= 0.6 is 0 Å². The molecule has 0 saturated heterocycles. The lowest BCUT2D eigenvalue weighted by molar-refractivity contribution is 0.0691. The van der Waals surface area contributed by atoms with Gasteiger partial charge in [0, 0.05) is 0 Å². The predicted octanol–water partition coefficient (Wildman–Crippen LogP) is 2.41. The Morgan fingerprint density at radius 1 is 1.30 bits per heavy atom. The molecular formula is C16H14FNO4S. The van der Waals surface area contributed by atoms with Gasteiger partial charge in [-0.3, -0.25) is 0 Å². The summed E-state index contributed by atoms with van der Waals surface area (Å²) in [6, 6.07) is 9.18. The lowest BCUT2D eigenvalue weighted by Crippen LogP contribution is -2.36. The van der Waals surface area contributed by atoms with Crippen LogP contribution in [0.25, 0.3) is 0 Å². The smallest absolute Gasteiger partial charge is 0.338 e. The Labute approximate surface area is 132 Å². The van der Waals surface area contributed by atoms with Crippen LogP contribution in [0.5, 0.6) is 0 Å². The van der Waals surface area contributed by atoms with Crippen molar-refractivity contribution in [3.8, 4) is 0 Å². The number of carboxylic acid groups (broad SMARTS) is 1. The maximum absolute atomic E-state index is 14.3. The predicted molar refractivity (Wildman–Crippen MR) is 81.3 cm³/mol. The minimum atomic E-state index is -4.16. The molecule has 2 aromatic rings. The number of hydrogen-bond acceptors (Lipinski definition) is 3. The number of aryl methyl sites for hydroxylation is 1. The van der Waals surface area contributed by atoms with Gasteiger partial charge in [0.05, 0.1) is 11.6 Å². The zero-order valence-electron chi connectivity index (χ0n) is 12.2. The van der Waals surface area contributed by atoms with Gasteiger partial charge in [-0.25, -0.2) is 22.3 Å². The van der Waals surface area contributed by atoms with E-state index >= 15 is 0 Å². The van der Waals surface area contributed by atoms with Crippen LogP contribution in [0.3, 0.4) is 0 Å². The standard InChI is InChI=1S/C16H14FNO4S/c1-9-6-12(16(19)20)15(17)14(7-9)23(21,22)18-13-8-10-4-2-3-5-11(10)13/h2-7,13,18H,8H2,1H3,(H,19,20). The van der Waals surface area contributed by atoms with Crippen molar-refractivity contribution in [3.63, 3.8) is 0 Å². The average Bonchev–Trinajstić information content (AvgIpc) is 2.46. The minimum Gasteiger partial charge on any atom is -0.478 e. The molecule has 0 amide bonds. The number of fused-ring (bicyclic) bond motifs is 1. The van der Waals surface area contributed by atoms with Crippen LogP contribution in [0.1, 0.15) is 33.1 Å². The van der Waals surface area contributed by atoms with Crippen LogP contribution < -0.4 is 4.72 Å². The van der Waals surface area contributed by atoms with Crippen molar-refractivity contribution in [1.82, 2.24) is 4.72 Å². The van der Waals surface area contributed by atoms with Gasteiger partial charge >= 0.3 is 5.97 Å². The Morgan fingerprint density at radius 2 is 2.00 bits per heavy atom. The van der Waals surface area contributed by atoms with Crippen LogP contribution in [-0.4, -0.2) is 19.5 Å². The first-order valence-electron chi connectivity index (χ1n) is 6.93. The third kappa shape index (κ3) is 2.73. The summed E-state index contributed by atoms with van der Waals surface area (Å²) >= 11 is 0. The molecular weight excluding hydrogens is 321 g/mol. The number of sulfonamides is 1. The summed E-state index contributed by atoms with van der Waals surface area (Å²) in [5.41, 5.74) is 1.59. The topological polar surface area (TPSA) is 83.5 Å². The molecule has 0 saturated carbocycles. The summed E-state index contributed by atoms with van der Waals surface area (Å²) in [4.78, 5) is 10.4. The zero-order chi connectivity index (χ0) is 16.8. The molecule has 0 radical (unpaired) electrons. The van der Waals surface area contributed by atoms with Gasteiger partial charge in [-0.05, 0) is 42.2 Å². The summed E-state index contributed by atoms with van der Waals surface area (Å²) in [5.74, 6) is -2.75. The highest BCUT2D eigenvalue weighted by Crippen LogP contribution is 2.34. The van der Waals surface area contributed by atoms with Crippen LogP contribution in [0, 0.1) is 12.7 Å². The zero-order valence-corrected chi connectivity index (χ0v) is 13.0.